The first-order valence-electron chi connectivity index (χ1n) is 3.43. The van der Waals surface area contributed by atoms with E-state index < -0.39 is 5.97 Å². The minimum Gasteiger partial charge on any atom is -0.466 e. The summed E-state index contributed by atoms with van der Waals surface area (Å²) in [6.45, 7) is 0. The van der Waals surface area contributed by atoms with Crippen molar-refractivity contribution in [2.24, 2.45) is 0 Å². The lowest BCUT2D eigenvalue weighted by Gasteiger charge is -1.87. The molecule has 0 N–H and O–H groups in total. The van der Waals surface area contributed by atoms with E-state index in [0.29, 0.717) is 17.0 Å². The first-order valence-corrected chi connectivity index (χ1v) is 4.31. The van der Waals surface area contributed by atoms with Crippen molar-refractivity contribution in [3.8, 4) is 0 Å². The minimum atomic E-state index is -0.444. The van der Waals surface area contributed by atoms with Crippen molar-refractivity contribution in [2.75, 3.05) is 7.11 Å². The lowest BCUT2D eigenvalue weighted by Crippen LogP contribution is -1.93. The molecule has 0 amide bonds. The summed E-state index contributed by atoms with van der Waals surface area (Å²) in [7, 11) is 1.30. The monoisotopic (exact) mass is 197 g/mol. The van der Waals surface area contributed by atoms with Crippen LogP contribution in [-0.4, -0.2) is 24.3 Å². The van der Waals surface area contributed by atoms with Gasteiger partial charge in [-0.25, -0.2) is 9.78 Å². The molecule has 0 aliphatic heterocycles. The highest BCUT2D eigenvalue weighted by Crippen LogP contribution is 2.08. The third kappa shape index (κ3) is 2.79. The summed E-state index contributed by atoms with van der Waals surface area (Å²) in [5.41, 5.74) is 0.581. The standard InChI is InChI=1S/C8H7NO3S/c1-12-8(11)3-2-6-5-13-7(4-10)9-6/h2-5H,1H3. The second kappa shape index (κ2) is 4.51. The van der Waals surface area contributed by atoms with Gasteiger partial charge in [0.05, 0.1) is 12.8 Å². The summed E-state index contributed by atoms with van der Waals surface area (Å²) in [5, 5.41) is 2.08. The number of methoxy groups -OCH3 is 1. The maximum absolute atomic E-state index is 10.7. The van der Waals surface area contributed by atoms with Crippen LogP contribution >= 0.6 is 11.3 Å². The lowest BCUT2D eigenvalue weighted by atomic mass is 10.4. The summed E-state index contributed by atoms with van der Waals surface area (Å²) in [6, 6.07) is 0. The van der Waals surface area contributed by atoms with Crippen molar-refractivity contribution >= 4 is 29.7 Å². The molecule has 68 valence electrons. The molecule has 1 aromatic heterocycles. The van der Waals surface area contributed by atoms with Gasteiger partial charge in [0, 0.05) is 11.5 Å². The third-order valence-corrected chi connectivity index (χ3v) is 2.02. The van der Waals surface area contributed by atoms with Crippen LogP contribution in [0, 0.1) is 0 Å². The number of nitrogens with zero attached hydrogens (tertiary/aromatic N) is 1. The second-order valence-corrected chi connectivity index (χ2v) is 2.97. The molecule has 0 saturated carbocycles. The van der Waals surface area contributed by atoms with Crippen molar-refractivity contribution in [3.63, 3.8) is 0 Å². The molecule has 0 saturated heterocycles. The fourth-order valence-electron chi connectivity index (χ4n) is 0.653. The van der Waals surface area contributed by atoms with E-state index in [0.717, 1.165) is 0 Å². The van der Waals surface area contributed by atoms with Crippen molar-refractivity contribution in [3.05, 3.63) is 22.2 Å². The highest BCUT2D eigenvalue weighted by Gasteiger charge is 1.97. The Morgan fingerprint density at radius 3 is 3.00 bits per heavy atom. The Balaban J connectivity index is 2.68. The van der Waals surface area contributed by atoms with E-state index in [1.165, 1.54) is 30.6 Å². The molecule has 0 unspecified atom stereocenters. The highest BCUT2D eigenvalue weighted by atomic mass is 32.1. The summed E-state index contributed by atoms with van der Waals surface area (Å²) < 4.78 is 4.39. The number of carbonyl (C=O) groups is 2. The van der Waals surface area contributed by atoms with E-state index >= 15 is 0 Å². The zero-order chi connectivity index (χ0) is 9.68. The molecule has 0 aliphatic carbocycles. The SMILES string of the molecule is COC(=O)C=Cc1csc(C=O)n1. The average Bonchev–Trinajstić information content (AvgIpc) is 2.61. The number of ether oxygens (including phenoxy) is 1. The molecule has 5 heteroatoms. The van der Waals surface area contributed by atoms with Gasteiger partial charge in [0.15, 0.2) is 11.3 Å². The molecule has 0 radical (unpaired) electrons. The van der Waals surface area contributed by atoms with Gasteiger partial charge in [-0.2, -0.15) is 0 Å². The van der Waals surface area contributed by atoms with Gasteiger partial charge in [-0.1, -0.05) is 0 Å². The van der Waals surface area contributed by atoms with Crippen molar-refractivity contribution < 1.29 is 14.3 Å². The molecule has 0 aromatic carbocycles. The van der Waals surface area contributed by atoms with E-state index in [9.17, 15) is 9.59 Å². The van der Waals surface area contributed by atoms with Gasteiger partial charge in [-0.05, 0) is 6.08 Å². The molecular formula is C8H7NO3S. The summed E-state index contributed by atoms with van der Waals surface area (Å²) in [5.74, 6) is -0.444. The quantitative estimate of drug-likeness (QED) is 0.414. The number of aromatic nitrogens is 1. The van der Waals surface area contributed by atoms with E-state index in [4.69, 9.17) is 0 Å². The van der Waals surface area contributed by atoms with Crippen molar-refractivity contribution in [2.45, 2.75) is 0 Å². The number of thiazole rings is 1. The molecular weight excluding hydrogens is 190 g/mol. The maximum Gasteiger partial charge on any atom is 0.330 e. The molecule has 0 spiro atoms. The summed E-state index contributed by atoms with van der Waals surface area (Å²) in [6.07, 6.45) is 3.42. The average molecular weight is 197 g/mol. The molecule has 0 aliphatic rings. The van der Waals surface area contributed by atoms with Crippen LogP contribution in [0.15, 0.2) is 11.5 Å². The molecule has 1 rings (SSSR count). The summed E-state index contributed by atoms with van der Waals surface area (Å²) >= 11 is 1.23. The number of hydrogen-bond acceptors (Lipinski definition) is 5. The van der Waals surface area contributed by atoms with Gasteiger partial charge in [0.25, 0.3) is 0 Å². The normalized spacial score (nSPS) is 10.2. The van der Waals surface area contributed by atoms with Gasteiger partial charge >= 0.3 is 5.97 Å². The first-order chi connectivity index (χ1) is 6.26. The number of esters is 1. The molecule has 1 aromatic rings. The van der Waals surface area contributed by atoms with Crippen LogP contribution in [0.2, 0.25) is 0 Å². The molecule has 0 bridgehead atoms. The Kier molecular flexibility index (Phi) is 3.33. The number of carbonyl (C=O) groups excluding carboxylic acids is 2. The molecule has 0 atom stereocenters. The van der Waals surface area contributed by atoms with Crippen LogP contribution in [0.1, 0.15) is 15.5 Å². The zero-order valence-corrected chi connectivity index (χ0v) is 7.71. The van der Waals surface area contributed by atoms with Gasteiger partial charge in [-0.15, -0.1) is 11.3 Å². The van der Waals surface area contributed by atoms with Gasteiger partial charge in [0.2, 0.25) is 0 Å². The molecule has 1 heterocycles. The van der Waals surface area contributed by atoms with Crippen molar-refractivity contribution in [1.29, 1.82) is 0 Å². The number of aldehydes is 1. The van der Waals surface area contributed by atoms with E-state index in [1.54, 1.807) is 5.38 Å². The zero-order valence-electron chi connectivity index (χ0n) is 6.89. The van der Waals surface area contributed by atoms with Crippen LogP contribution in [0.5, 0.6) is 0 Å². The first kappa shape index (κ1) is 9.60. The lowest BCUT2D eigenvalue weighted by molar-refractivity contribution is -0.134. The van der Waals surface area contributed by atoms with E-state index in [-0.39, 0.29) is 0 Å². The fraction of sp³-hybridized carbons (Fsp3) is 0.125. The molecule has 4 nitrogen and oxygen atoms in total. The molecule has 13 heavy (non-hydrogen) atoms. The predicted molar refractivity (Wildman–Crippen MR) is 48.6 cm³/mol. The van der Waals surface area contributed by atoms with Crippen molar-refractivity contribution in [1.82, 2.24) is 4.98 Å². The Labute approximate surface area is 78.9 Å². The van der Waals surface area contributed by atoms with Crippen LogP contribution in [0.3, 0.4) is 0 Å². The second-order valence-electron chi connectivity index (χ2n) is 2.08. The van der Waals surface area contributed by atoms with Crippen LogP contribution in [0.25, 0.3) is 6.08 Å². The van der Waals surface area contributed by atoms with Crippen LogP contribution < -0.4 is 0 Å². The topological polar surface area (TPSA) is 56.3 Å². The minimum absolute atomic E-state index is 0.393. The van der Waals surface area contributed by atoms with Crippen LogP contribution in [-0.2, 0) is 9.53 Å². The van der Waals surface area contributed by atoms with Gasteiger partial charge in [-0.3, -0.25) is 4.79 Å². The molecule has 0 fully saturated rings. The Bertz CT molecular complexity index is 343. The van der Waals surface area contributed by atoms with E-state index in [2.05, 4.69) is 9.72 Å². The summed E-state index contributed by atoms with van der Waals surface area (Å²) in [4.78, 5) is 24.8. The smallest absolute Gasteiger partial charge is 0.330 e. The Morgan fingerprint density at radius 1 is 1.69 bits per heavy atom. The number of hydrogen-bond donors (Lipinski definition) is 0. The Morgan fingerprint density at radius 2 is 2.46 bits per heavy atom. The van der Waals surface area contributed by atoms with Gasteiger partial charge < -0.3 is 4.74 Å². The van der Waals surface area contributed by atoms with Crippen LogP contribution in [0.4, 0.5) is 0 Å². The predicted octanol–water partition coefficient (Wildman–Crippen LogP) is 1.14. The Hall–Kier alpha value is -1.49. The van der Waals surface area contributed by atoms with Gasteiger partial charge in [0.1, 0.15) is 0 Å². The largest absolute Gasteiger partial charge is 0.466 e. The maximum atomic E-state index is 10.7. The fourth-order valence-corrected chi connectivity index (χ4v) is 1.24. The number of rotatable bonds is 3. The highest BCUT2D eigenvalue weighted by molar-refractivity contribution is 7.11. The third-order valence-electron chi connectivity index (χ3n) is 1.23. The van der Waals surface area contributed by atoms with E-state index in [1.807, 2.05) is 0 Å².